The number of hydrogen-bond acceptors (Lipinski definition) is 4. The fourth-order valence-electron chi connectivity index (χ4n) is 2.02. The van der Waals surface area contributed by atoms with Crippen molar-refractivity contribution in [1.29, 1.82) is 0 Å². The molecule has 1 atom stereocenters. The fourth-order valence-corrected chi connectivity index (χ4v) is 2.97. The van der Waals surface area contributed by atoms with Gasteiger partial charge in [0.2, 0.25) is 0 Å². The molecule has 0 saturated heterocycles. The predicted molar refractivity (Wildman–Crippen MR) is 84.5 cm³/mol. The lowest BCUT2D eigenvalue weighted by molar-refractivity contribution is -0.387. The van der Waals surface area contributed by atoms with Gasteiger partial charge in [-0.25, -0.2) is 0 Å². The Morgan fingerprint density at radius 1 is 1.29 bits per heavy atom. The van der Waals surface area contributed by atoms with Gasteiger partial charge in [-0.1, -0.05) is 35.9 Å². The lowest BCUT2D eigenvalue weighted by Gasteiger charge is -2.08. The summed E-state index contributed by atoms with van der Waals surface area (Å²) in [5, 5.41) is 20.7. The normalized spacial score (nSPS) is 12.1. The van der Waals surface area contributed by atoms with Crippen molar-refractivity contribution in [2.75, 3.05) is 0 Å². The number of nitrogens with zero attached hydrogens (tertiary/aromatic N) is 1. The molecule has 0 bridgehead atoms. The van der Waals surface area contributed by atoms with Crippen LogP contribution in [0.3, 0.4) is 0 Å². The van der Waals surface area contributed by atoms with Crippen LogP contribution in [0, 0.1) is 17.0 Å². The Bertz CT molecular complexity index is 656. The van der Waals surface area contributed by atoms with Gasteiger partial charge in [-0.2, -0.15) is 0 Å². The second-order valence-electron chi connectivity index (χ2n) is 4.94. The molecule has 0 fully saturated rings. The SMILES string of the molecule is Cc1cccc(CSc2ccc([C@H](C)O)cc2[N+](=O)[O-])c1. The maximum atomic E-state index is 11.2. The van der Waals surface area contributed by atoms with E-state index < -0.39 is 11.0 Å². The van der Waals surface area contributed by atoms with Crippen molar-refractivity contribution < 1.29 is 10.0 Å². The van der Waals surface area contributed by atoms with Gasteiger partial charge in [0.1, 0.15) is 0 Å². The van der Waals surface area contributed by atoms with Crippen LogP contribution in [0.15, 0.2) is 47.4 Å². The molecule has 0 aliphatic rings. The molecule has 0 aromatic heterocycles. The van der Waals surface area contributed by atoms with E-state index in [-0.39, 0.29) is 5.69 Å². The van der Waals surface area contributed by atoms with Crippen molar-refractivity contribution in [2.45, 2.75) is 30.6 Å². The van der Waals surface area contributed by atoms with Crippen molar-refractivity contribution >= 4 is 17.4 Å². The Kier molecular flexibility index (Phi) is 4.98. The van der Waals surface area contributed by atoms with E-state index in [2.05, 4.69) is 6.07 Å². The van der Waals surface area contributed by atoms with Crippen molar-refractivity contribution in [1.82, 2.24) is 0 Å². The van der Waals surface area contributed by atoms with E-state index in [9.17, 15) is 15.2 Å². The van der Waals surface area contributed by atoms with Gasteiger partial charge < -0.3 is 5.11 Å². The molecular formula is C16H17NO3S. The first-order valence-electron chi connectivity index (χ1n) is 6.62. The minimum absolute atomic E-state index is 0.0473. The second kappa shape index (κ2) is 6.74. The fraction of sp³-hybridized carbons (Fsp3) is 0.250. The average Bonchev–Trinajstić information content (AvgIpc) is 2.44. The van der Waals surface area contributed by atoms with Crippen LogP contribution in [0.1, 0.15) is 29.7 Å². The van der Waals surface area contributed by atoms with Gasteiger partial charge in [0, 0.05) is 11.8 Å². The molecule has 0 aliphatic heterocycles. The van der Waals surface area contributed by atoms with E-state index in [1.54, 1.807) is 19.1 Å². The van der Waals surface area contributed by atoms with Gasteiger partial charge in [0.25, 0.3) is 5.69 Å². The molecule has 110 valence electrons. The molecule has 0 aliphatic carbocycles. The number of thioether (sulfide) groups is 1. The summed E-state index contributed by atoms with van der Waals surface area (Å²) in [4.78, 5) is 11.4. The topological polar surface area (TPSA) is 63.4 Å². The summed E-state index contributed by atoms with van der Waals surface area (Å²) in [7, 11) is 0. The third-order valence-corrected chi connectivity index (χ3v) is 4.27. The molecule has 4 nitrogen and oxygen atoms in total. The third kappa shape index (κ3) is 4.06. The van der Waals surface area contributed by atoms with Crippen molar-refractivity contribution in [3.8, 4) is 0 Å². The molecule has 1 N–H and O–H groups in total. The van der Waals surface area contributed by atoms with Crippen molar-refractivity contribution in [2.24, 2.45) is 0 Å². The highest BCUT2D eigenvalue weighted by molar-refractivity contribution is 7.98. The molecule has 0 spiro atoms. The van der Waals surface area contributed by atoms with Crippen LogP contribution in [0.25, 0.3) is 0 Å². The Morgan fingerprint density at radius 2 is 2.05 bits per heavy atom. The van der Waals surface area contributed by atoms with Crippen LogP contribution in [-0.4, -0.2) is 10.0 Å². The summed E-state index contributed by atoms with van der Waals surface area (Å²) >= 11 is 1.43. The van der Waals surface area contributed by atoms with Gasteiger partial charge in [0.15, 0.2) is 0 Å². The summed E-state index contributed by atoms with van der Waals surface area (Å²) in [6, 6.07) is 13.0. The van der Waals surface area contributed by atoms with Crippen LogP contribution in [0.2, 0.25) is 0 Å². The molecule has 0 amide bonds. The van der Waals surface area contributed by atoms with Crippen LogP contribution >= 0.6 is 11.8 Å². The summed E-state index contributed by atoms with van der Waals surface area (Å²) in [6.45, 7) is 3.62. The zero-order chi connectivity index (χ0) is 15.4. The van der Waals surface area contributed by atoms with Gasteiger partial charge in [-0.05, 0) is 31.0 Å². The van der Waals surface area contributed by atoms with Gasteiger partial charge >= 0.3 is 0 Å². The maximum Gasteiger partial charge on any atom is 0.283 e. The number of nitro groups is 1. The Balaban J connectivity index is 2.21. The monoisotopic (exact) mass is 303 g/mol. The maximum absolute atomic E-state index is 11.2. The van der Waals surface area contributed by atoms with E-state index in [1.165, 1.54) is 23.4 Å². The van der Waals surface area contributed by atoms with E-state index >= 15 is 0 Å². The number of rotatable bonds is 5. The molecule has 21 heavy (non-hydrogen) atoms. The highest BCUT2D eigenvalue weighted by atomic mass is 32.2. The highest BCUT2D eigenvalue weighted by Gasteiger charge is 2.16. The number of benzene rings is 2. The summed E-state index contributed by atoms with van der Waals surface area (Å²) in [5.74, 6) is 0.677. The molecule has 0 unspecified atom stereocenters. The first-order chi connectivity index (χ1) is 9.97. The number of aliphatic hydroxyl groups excluding tert-OH is 1. The van der Waals surface area contributed by atoms with Crippen molar-refractivity contribution in [3.05, 3.63) is 69.3 Å². The largest absolute Gasteiger partial charge is 0.389 e. The van der Waals surface area contributed by atoms with Crippen LogP contribution < -0.4 is 0 Å². The quantitative estimate of drug-likeness (QED) is 0.509. The molecule has 2 aromatic carbocycles. The third-order valence-electron chi connectivity index (χ3n) is 3.14. The molecule has 2 aromatic rings. The predicted octanol–water partition coefficient (Wildman–Crippen LogP) is 4.25. The Morgan fingerprint density at radius 3 is 2.67 bits per heavy atom. The van der Waals surface area contributed by atoms with Crippen molar-refractivity contribution in [3.63, 3.8) is 0 Å². The first-order valence-corrected chi connectivity index (χ1v) is 7.60. The zero-order valence-corrected chi connectivity index (χ0v) is 12.8. The molecule has 5 heteroatoms. The smallest absolute Gasteiger partial charge is 0.283 e. The second-order valence-corrected chi connectivity index (χ2v) is 5.96. The molecule has 0 radical (unpaired) electrons. The number of hydrogen-bond donors (Lipinski definition) is 1. The standard InChI is InChI=1S/C16H17NO3S/c1-11-4-3-5-13(8-11)10-21-16-7-6-14(12(2)18)9-15(16)17(19)20/h3-9,12,18H,10H2,1-2H3/t12-/m0/s1. The molecule has 0 saturated carbocycles. The molecule has 0 heterocycles. The highest BCUT2D eigenvalue weighted by Crippen LogP contribution is 2.33. The summed E-state index contributed by atoms with van der Waals surface area (Å²) in [5.41, 5.74) is 2.91. The Labute approximate surface area is 128 Å². The van der Waals surface area contributed by atoms with Crippen LogP contribution in [-0.2, 0) is 5.75 Å². The van der Waals surface area contributed by atoms with Gasteiger partial charge in [-0.3, -0.25) is 10.1 Å². The molecule has 2 rings (SSSR count). The summed E-state index contributed by atoms with van der Waals surface area (Å²) < 4.78 is 0. The number of nitro benzene ring substituents is 1. The van der Waals surface area contributed by atoms with E-state index in [4.69, 9.17) is 0 Å². The van der Waals surface area contributed by atoms with E-state index in [0.717, 1.165) is 5.56 Å². The van der Waals surface area contributed by atoms with Gasteiger partial charge in [-0.15, -0.1) is 11.8 Å². The van der Waals surface area contributed by atoms with Crippen LogP contribution in [0.5, 0.6) is 0 Å². The Hall–Kier alpha value is -1.85. The average molecular weight is 303 g/mol. The zero-order valence-electron chi connectivity index (χ0n) is 11.9. The first kappa shape index (κ1) is 15.5. The minimum atomic E-state index is -0.709. The lowest BCUT2D eigenvalue weighted by Crippen LogP contribution is -1.96. The minimum Gasteiger partial charge on any atom is -0.389 e. The lowest BCUT2D eigenvalue weighted by atomic mass is 10.1. The number of aryl methyl sites for hydroxylation is 1. The van der Waals surface area contributed by atoms with E-state index in [1.807, 2.05) is 25.1 Å². The number of aliphatic hydroxyl groups is 1. The molecular weight excluding hydrogens is 286 g/mol. The van der Waals surface area contributed by atoms with Gasteiger partial charge in [0.05, 0.1) is 15.9 Å². The van der Waals surface area contributed by atoms with E-state index in [0.29, 0.717) is 16.2 Å². The van der Waals surface area contributed by atoms with Crippen LogP contribution in [0.4, 0.5) is 5.69 Å². The summed E-state index contributed by atoms with van der Waals surface area (Å²) in [6.07, 6.45) is -0.709.